The van der Waals surface area contributed by atoms with Gasteiger partial charge in [-0.25, -0.2) is 14.8 Å². The summed E-state index contributed by atoms with van der Waals surface area (Å²) in [6.07, 6.45) is 6.62. The number of aromatic nitrogens is 4. The molecule has 13 heteroatoms. The highest BCUT2D eigenvalue weighted by atomic mass is 16.4. The number of amides is 3. The van der Waals surface area contributed by atoms with E-state index in [1.807, 2.05) is 18.2 Å². The van der Waals surface area contributed by atoms with E-state index < -0.39 is 6.09 Å². The summed E-state index contributed by atoms with van der Waals surface area (Å²) < 4.78 is 2.08. The van der Waals surface area contributed by atoms with Crippen molar-refractivity contribution < 1.29 is 19.5 Å². The topological polar surface area (TPSA) is 149 Å². The number of nitrogens with one attached hydrogen (secondary N) is 2. The monoisotopic (exact) mass is 535 g/mol. The Hall–Kier alpha value is -4.42. The molecule has 39 heavy (non-hydrogen) atoms. The predicted octanol–water partition coefficient (Wildman–Crippen LogP) is 2.30. The fourth-order valence-electron chi connectivity index (χ4n) is 5.23. The van der Waals surface area contributed by atoms with Crippen LogP contribution in [0.15, 0.2) is 30.6 Å². The summed E-state index contributed by atoms with van der Waals surface area (Å²) in [5.74, 6) is 0.721. The number of hydrogen-bond donors (Lipinski definition) is 3. The third-order valence-electron chi connectivity index (χ3n) is 7.27. The van der Waals surface area contributed by atoms with Crippen LogP contribution >= 0.6 is 0 Å². The molecule has 206 valence electrons. The lowest BCUT2D eigenvalue weighted by Gasteiger charge is -2.36. The lowest BCUT2D eigenvalue weighted by Crippen LogP contribution is -2.51. The molecular formula is C26H33N9O4. The molecule has 0 unspecified atom stereocenters. The Labute approximate surface area is 225 Å². The van der Waals surface area contributed by atoms with Gasteiger partial charge in [-0.05, 0) is 31.0 Å². The van der Waals surface area contributed by atoms with Crippen LogP contribution in [0.25, 0.3) is 11.0 Å². The molecule has 1 saturated carbocycles. The molecule has 2 aliphatic rings. The van der Waals surface area contributed by atoms with Gasteiger partial charge in [0.05, 0.1) is 11.9 Å². The van der Waals surface area contributed by atoms with Crippen LogP contribution < -0.4 is 15.5 Å². The Morgan fingerprint density at radius 2 is 1.79 bits per heavy atom. The smallest absolute Gasteiger partial charge is 0.405 e. The van der Waals surface area contributed by atoms with Crippen molar-refractivity contribution in [2.24, 2.45) is 0 Å². The Morgan fingerprint density at radius 1 is 1.05 bits per heavy atom. The van der Waals surface area contributed by atoms with Gasteiger partial charge in [0, 0.05) is 57.9 Å². The summed E-state index contributed by atoms with van der Waals surface area (Å²) in [6.45, 7) is 2.04. The van der Waals surface area contributed by atoms with E-state index in [1.165, 1.54) is 0 Å². The molecule has 5 rings (SSSR count). The van der Waals surface area contributed by atoms with Crippen molar-refractivity contribution in [3.8, 4) is 0 Å². The summed E-state index contributed by atoms with van der Waals surface area (Å²) >= 11 is 0. The summed E-state index contributed by atoms with van der Waals surface area (Å²) in [5.41, 5.74) is 2.30. The Balaban J connectivity index is 1.27. The number of piperazine rings is 1. The van der Waals surface area contributed by atoms with Gasteiger partial charge >= 0.3 is 6.09 Å². The average Bonchev–Trinajstić information content (AvgIpc) is 3.59. The van der Waals surface area contributed by atoms with Crippen LogP contribution in [0.5, 0.6) is 0 Å². The minimum atomic E-state index is -1.21. The third kappa shape index (κ3) is 5.71. The normalized spacial score (nSPS) is 15.9. The van der Waals surface area contributed by atoms with Gasteiger partial charge < -0.3 is 35.0 Å². The zero-order valence-corrected chi connectivity index (χ0v) is 22.1. The highest BCUT2D eigenvalue weighted by molar-refractivity contribution is 5.98. The van der Waals surface area contributed by atoms with Crippen molar-refractivity contribution in [2.75, 3.05) is 57.0 Å². The lowest BCUT2D eigenvalue weighted by atomic mass is 10.2. The number of hydrogen-bond acceptors (Lipinski definition) is 8. The summed E-state index contributed by atoms with van der Waals surface area (Å²) in [6, 6.07) is 5.93. The maximum Gasteiger partial charge on any atom is 0.405 e. The number of anilines is 3. The van der Waals surface area contributed by atoms with Crippen molar-refractivity contribution >= 4 is 46.4 Å². The Bertz CT molecular complexity index is 1360. The minimum absolute atomic E-state index is 0.0474. The number of nitrogens with zero attached hydrogens (tertiary/aromatic N) is 7. The lowest BCUT2D eigenvalue weighted by molar-refractivity contribution is -0.130. The van der Waals surface area contributed by atoms with Crippen LogP contribution in [0, 0.1) is 0 Å². The Morgan fingerprint density at radius 3 is 2.44 bits per heavy atom. The molecule has 1 aliphatic carbocycles. The molecule has 2 fully saturated rings. The number of carboxylic acid groups (broad SMARTS) is 1. The van der Waals surface area contributed by atoms with Crippen molar-refractivity contribution in [1.29, 1.82) is 0 Å². The van der Waals surface area contributed by atoms with Crippen LogP contribution in [0.2, 0.25) is 0 Å². The fraction of sp³-hybridized carbons (Fsp3) is 0.462. The van der Waals surface area contributed by atoms with Crippen molar-refractivity contribution in [3.63, 3.8) is 0 Å². The van der Waals surface area contributed by atoms with Gasteiger partial charge in [-0.3, -0.25) is 9.59 Å². The highest BCUT2D eigenvalue weighted by Crippen LogP contribution is 2.35. The summed E-state index contributed by atoms with van der Waals surface area (Å²) in [7, 11) is 3.51. The van der Waals surface area contributed by atoms with Gasteiger partial charge in [0.25, 0.3) is 5.91 Å². The average molecular weight is 536 g/mol. The van der Waals surface area contributed by atoms with E-state index in [0.717, 1.165) is 42.4 Å². The molecule has 0 spiro atoms. The molecule has 3 N–H and O–H groups in total. The molecular weight excluding hydrogens is 502 g/mol. The first kappa shape index (κ1) is 26.2. The molecule has 13 nitrogen and oxygen atoms in total. The van der Waals surface area contributed by atoms with Gasteiger partial charge in [-0.1, -0.05) is 12.8 Å². The zero-order valence-electron chi connectivity index (χ0n) is 22.1. The maximum atomic E-state index is 12.9. The zero-order chi connectivity index (χ0) is 27.5. The number of carbonyl (C=O) groups is 3. The second-order valence-corrected chi connectivity index (χ2v) is 10.1. The second-order valence-electron chi connectivity index (χ2n) is 10.1. The molecule has 0 radical (unpaired) electrons. The molecule has 4 heterocycles. The van der Waals surface area contributed by atoms with Crippen LogP contribution in [-0.4, -0.2) is 99.2 Å². The van der Waals surface area contributed by atoms with Crippen LogP contribution in [0.1, 0.15) is 42.2 Å². The Kier molecular flexibility index (Phi) is 7.48. The van der Waals surface area contributed by atoms with E-state index in [0.29, 0.717) is 43.6 Å². The number of pyridine rings is 1. The van der Waals surface area contributed by atoms with Gasteiger partial charge in [0.1, 0.15) is 23.7 Å². The molecule has 0 atom stereocenters. The first-order valence-corrected chi connectivity index (χ1v) is 13.1. The van der Waals surface area contributed by atoms with E-state index in [-0.39, 0.29) is 24.4 Å². The van der Waals surface area contributed by atoms with Gasteiger partial charge in [-0.2, -0.15) is 4.98 Å². The summed E-state index contributed by atoms with van der Waals surface area (Å²) in [5, 5.41) is 14.8. The highest BCUT2D eigenvalue weighted by Gasteiger charge is 2.27. The molecule has 3 amide bonds. The molecule has 0 bridgehead atoms. The van der Waals surface area contributed by atoms with E-state index >= 15 is 0 Å². The van der Waals surface area contributed by atoms with Gasteiger partial charge in [0.2, 0.25) is 11.9 Å². The maximum absolute atomic E-state index is 12.9. The van der Waals surface area contributed by atoms with Crippen molar-refractivity contribution in [1.82, 2.24) is 34.6 Å². The molecule has 1 saturated heterocycles. The largest absolute Gasteiger partial charge is 0.465 e. The standard InChI is InChI=1S/C26H33N9O4/c1-32(2)24(37)20-13-17-14-28-25(31-23(17)35(20)18-5-3-4-6-18)30-21-8-7-19(15-27-21)33-9-11-34(12-10-33)22(36)16-29-26(38)39/h7-8,13-15,18,29H,3-6,9-12,16H2,1-2H3,(H,38,39)(H,27,28,30,31). The summed E-state index contributed by atoms with van der Waals surface area (Å²) in [4.78, 5) is 54.8. The molecule has 1 aliphatic heterocycles. The number of rotatable bonds is 7. The fourth-order valence-corrected chi connectivity index (χ4v) is 5.23. The molecule has 0 aromatic carbocycles. The third-order valence-corrected chi connectivity index (χ3v) is 7.27. The SMILES string of the molecule is CN(C)C(=O)c1cc2cnc(Nc3ccc(N4CCN(C(=O)CNC(=O)O)CC4)cn3)nc2n1C1CCCC1. The van der Waals surface area contributed by atoms with E-state index in [1.54, 1.807) is 36.3 Å². The predicted molar refractivity (Wildman–Crippen MR) is 145 cm³/mol. The quantitative estimate of drug-likeness (QED) is 0.414. The first-order valence-electron chi connectivity index (χ1n) is 13.1. The van der Waals surface area contributed by atoms with Gasteiger partial charge in [-0.15, -0.1) is 0 Å². The number of fused-ring (bicyclic) bond motifs is 1. The van der Waals surface area contributed by atoms with Crippen molar-refractivity contribution in [3.05, 3.63) is 36.3 Å². The van der Waals surface area contributed by atoms with Crippen molar-refractivity contribution in [2.45, 2.75) is 31.7 Å². The minimum Gasteiger partial charge on any atom is -0.465 e. The molecule has 3 aromatic heterocycles. The van der Waals surface area contributed by atoms with Crippen LogP contribution in [-0.2, 0) is 4.79 Å². The molecule has 3 aromatic rings. The van der Waals surface area contributed by atoms with E-state index in [4.69, 9.17) is 10.1 Å². The van der Waals surface area contributed by atoms with Crippen LogP contribution in [0.3, 0.4) is 0 Å². The van der Waals surface area contributed by atoms with E-state index in [2.05, 4.69) is 30.1 Å². The number of carbonyl (C=O) groups excluding carboxylic acids is 2. The van der Waals surface area contributed by atoms with Crippen LogP contribution in [0.4, 0.5) is 22.2 Å². The van der Waals surface area contributed by atoms with E-state index in [9.17, 15) is 14.4 Å². The van der Waals surface area contributed by atoms with Gasteiger partial charge in [0.15, 0.2) is 0 Å². The first-order chi connectivity index (χ1) is 18.8. The second kappa shape index (κ2) is 11.1.